The van der Waals surface area contributed by atoms with Gasteiger partial charge >= 0.3 is 11.6 Å². The molecule has 0 amide bonds. The van der Waals surface area contributed by atoms with Crippen LogP contribution >= 0.6 is 22.6 Å². The summed E-state index contributed by atoms with van der Waals surface area (Å²) in [7, 11) is 0. The van der Waals surface area contributed by atoms with E-state index in [0.717, 1.165) is 20.3 Å². The van der Waals surface area contributed by atoms with Crippen molar-refractivity contribution in [3.8, 4) is 0 Å². The van der Waals surface area contributed by atoms with Crippen molar-refractivity contribution in [1.82, 2.24) is 0 Å². The minimum Gasteiger partial charge on any atom is -0.458 e. The van der Waals surface area contributed by atoms with E-state index in [1.807, 2.05) is 48.6 Å². The summed E-state index contributed by atoms with van der Waals surface area (Å²) >= 11 is 2.04. The van der Waals surface area contributed by atoms with E-state index in [-0.39, 0.29) is 6.61 Å². The zero-order valence-electron chi connectivity index (χ0n) is 13.7. The van der Waals surface area contributed by atoms with Gasteiger partial charge in [0.05, 0.1) is 0 Å². The molecule has 25 heavy (non-hydrogen) atoms. The van der Waals surface area contributed by atoms with E-state index >= 15 is 0 Å². The standard InChI is InChI=1S/C19H15IO5/c1-11-3-6-15-13(9-18(22)25-19(15)12(11)2)10-23-17(21)8-5-14-4-7-16(20)24-14/h3-9H,10H2,1-2H3/b8-5+. The van der Waals surface area contributed by atoms with Gasteiger partial charge in [-0.05, 0) is 65.8 Å². The molecule has 0 bridgehead atoms. The number of fused-ring (bicyclic) bond motifs is 1. The van der Waals surface area contributed by atoms with Crippen molar-refractivity contribution >= 4 is 45.6 Å². The molecule has 1 aromatic carbocycles. The first-order valence-corrected chi connectivity index (χ1v) is 8.65. The fourth-order valence-corrected chi connectivity index (χ4v) is 2.84. The maximum Gasteiger partial charge on any atom is 0.336 e. The van der Waals surface area contributed by atoms with Gasteiger partial charge in [-0.15, -0.1) is 0 Å². The number of benzene rings is 1. The summed E-state index contributed by atoms with van der Waals surface area (Å²) in [5, 5.41) is 0.764. The summed E-state index contributed by atoms with van der Waals surface area (Å²) in [6.07, 6.45) is 2.83. The molecule has 0 aliphatic rings. The molecule has 128 valence electrons. The molecule has 3 rings (SSSR count). The number of ether oxygens (including phenoxy) is 1. The number of esters is 1. The Hall–Kier alpha value is -2.35. The number of aryl methyl sites for hydroxylation is 2. The monoisotopic (exact) mass is 450 g/mol. The van der Waals surface area contributed by atoms with Gasteiger partial charge in [-0.25, -0.2) is 9.59 Å². The van der Waals surface area contributed by atoms with Crippen LogP contribution in [0.2, 0.25) is 0 Å². The van der Waals surface area contributed by atoms with Crippen molar-refractivity contribution in [2.24, 2.45) is 0 Å². The minimum atomic E-state index is -0.517. The molecule has 3 aromatic rings. The molecular formula is C19H15IO5. The Bertz CT molecular complexity index is 1030. The lowest BCUT2D eigenvalue weighted by atomic mass is 10.0. The minimum absolute atomic E-state index is 0.0105. The van der Waals surface area contributed by atoms with Crippen molar-refractivity contribution in [2.45, 2.75) is 20.5 Å². The predicted octanol–water partition coefficient (Wildman–Crippen LogP) is 4.36. The SMILES string of the molecule is Cc1ccc2c(COC(=O)/C=C/c3ccc(I)o3)cc(=O)oc2c1C. The van der Waals surface area contributed by atoms with Gasteiger partial charge in [0.2, 0.25) is 0 Å². The van der Waals surface area contributed by atoms with E-state index in [1.54, 1.807) is 12.1 Å². The summed E-state index contributed by atoms with van der Waals surface area (Å²) in [5.74, 6) is 0.0508. The van der Waals surface area contributed by atoms with Gasteiger partial charge in [-0.1, -0.05) is 12.1 Å². The van der Waals surface area contributed by atoms with E-state index < -0.39 is 11.6 Å². The lowest BCUT2D eigenvalue weighted by Gasteiger charge is -2.09. The molecule has 0 saturated carbocycles. The maximum atomic E-state index is 11.9. The van der Waals surface area contributed by atoms with Gasteiger partial charge in [-0.2, -0.15) is 0 Å². The first-order valence-electron chi connectivity index (χ1n) is 7.57. The number of hydrogen-bond acceptors (Lipinski definition) is 5. The molecule has 0 aliphatic carbocycles. The van der Waals surface area contributed by atoms with Crippen molar-refractivity contribution in [3.05, 3.63) is 73.0 Å². The summed E-state index contributed by atoms with van der Waals surface area (Å²) in [4.78, 5) is 23.7. The molecule has 0 atom stereocenters. The van der Waals surface area contributed by atoms with E-state index in [0.29, 0.717) is 16.9 Å². The summed E-state index contributed by atoms with van der Waals surface area (Å²) in [6.45, 7) is 3.83. The molecule has 0 spiro atoms. The van der Waals surface area contributed by atoms with Crippen LogP contribution in [0.3, 0.4) is 0 Å². The van der Waals surface area contributed by atoms with E-state index in [4.69, 9.17) is 13.6 Å². The molecule has 0 aliphatic heterocycles. The van der Waals surface area contributed by atoms with Crippen LogP contribution in [-0.2, 0) is 16.1 Å². The highest BCUT2D eigenvalue weighted by molar-refractivity contribution is 14.1. The Morgan fingerprint density at radius 1 is 1.20 bits per heavy atom. The molecule has 0 fully saturated rings. The normalized spacial score (nSPS) is 11.3. The van der Waals surface area contributed by atoms with E-state index in [9.17, 15) is 9.59 Å². The highest BCUT2D eigenvalue weighted by Crippen LogP contribution is 2.23. The van der Waals surface area contributed by atoms with Crippen molar-refractivity contribution < 1.29 is 18.4 Å². The fraction of sp³-hybridized carbons (Fsp3) is 0.158. The van der Waals surface area contributed by atoms with Crippen LogP contribution in [0.1, 0.15) is 22.5 Å². The molecule has 2 aromatic heterocycles. The number of furan rings is 1. The van der Waals surface area contributed by atoms with Crippen molar-refractivity contribution in [1.29, 1.82) is 0 Å². The molecule has 0 saturated heterocycles. The first kappa shape index (κ1) is 17.5. The van der Waals surface area contributed by atoms with Gasteiger partial charge in [0.25, 0.3) is 0 Å². The number of rotatable bonds is 4. The van der Waals surface area contributed by atoms with Crippen LogP contribution in [-0.4, -0.2) is 5.97 Å². The Morgan fingerprint density at radius 2 is 2.00 bits per heavy atom. The number of hydrogen-bond donors (Lipinski definition) is 0. The molecular weight excluding hydrogens is 435 g/mol. The van der Waals surface area contributed by atoms with Gasteiger partial charge in [0.1, 0.15) is 18.0 Å². The summed E-state index contributed by atoms with van der Waals surface area (Å²) in [6, 6.07) is 8.71. The average molecular weight is 450 g/mol. The molecule has 6 heteroatoms. The Labute approximate surface area is 157 Å². The smallest absolute Gasteiger partial charge is 0.336 e. The quantitative estimate of drug-likeness (QED) is 0.256. The molecule has 5 nitrogen and oxygen atoms in total. The van der Waals surface area contributed by atoms with Crippen LogP contribution in [0.5, 0.6) is 0 Å². The Kier molecular flexibility index (Phi) is 5.08. The molecule has 2 heterocycles. The van der Waals surface area contributed by atoms with Gasteiger partial charge in [0.15, 0.2) is 3.77 Å². The van der Waals surface area contributed by atoms with E-state index in [2.05, 4.69) is 0 Å². The summed E-state index contributed by atoms with van der Waals surface area (Å²) in [5.41, 5.74) is 2.60. The van der Waals surface area contributed by atoms with Gasteiger partial charge < -0.3 is 13.6 Å². The highest BCUT2D eigenvalue weighted by Gasteiger charge is 2.11. The lowest BCUT2D eigenvalue weighted by Crippen LogP contribution is -2.06. The van der Waals surface area contributed by atoms with Crippen LogP contribution in [0.15, 0.2) is 50.0 Å². The number of halogens is 1. The molecule has 0 N–H and O–H groups in total. The lowest BCUT2D eigenvalue weighted by molar-refractivity contribution is -0.138. The molecule has 0 unspecified atom stereocenters. The fourth-order valence-electron chi connectivity index (χ4n) is 2.41. The largest absolute Gasteiger partial charge is 0.458 e. The predicted molar refractivity (Wildman–Crippen MR) is 102 cm³/mol. The topological polar surface area (TPSA) is 69.7 Å². The van der Waals surface area contributed by atoms with Gasteiger partial charge in [-0.3, -0.25) is 0 Å². The highest BCUT2D eigenvalue weighted by atomic mass is 127. The second-order valence-corrected chi connectivity index (χ2v) is 6.62. The number of carbonyl (C=O) groups is 1. The maximum absolute atomic E-state index is 11.9. The first-order chi connectivity index (χ1) is 11.9. The second-order valence-electron chi connectivity index (χ2n) is 5.56. The summed E-state index contributed by atoms with van der Waals surface area (Å²) < 4.78 is 16.6. The third kappa shape index (κ3) is 4.01. The van der Waals surface area contributed by atoms with Gasteiger partial charge in [0, 0.05) is 23.1 Å². The average Bonchev–Trinajstić information content (AvgIpc) is 3.00. The Balaban J connectivity index is 1.79. The Morgan fingerprint density at radius 3 is 2.72 bits per heavy atom. The van der Waals surface area contributed by atoms with Crippen molar-refractivity contribution in [2.75, 3.05) is 0 Å². The van der Waals surface area contributed by atoms with E-state index in [1.165, 1.54) is 18.2 Å². The third-order valence-corrected chi connectivity index (χ3v) is 4.44. The molecule has 0 radical (unpaired) electrons. The van der Waals surface area contributed by atoms with Crippen molar-refractivity contribution in [3.63, 3.8) is 0 Å². The zero-order valence-corrected chi connectivity index (χ0v) is 15.8. The second kappa shape index (κ2) is 7.26. The van der Waals surface area contributed by atoms with Crippen LogP contribution < -0.4 is 5.63 Å². The van der Waals surface area contributed by atoms with Crippen LogP contribution in [0, 0.1) is 17.6 Å². The van der Waals surface area contributed by atoms with Crippen LogP contribution in [0.25, 0.3) is 17.0 Å². The zero-order chi connectivity index (χ0) is 18.0. The number of carbonyl (C=O) groups excluding carboxylic acids is 1. The third-order valence-electron chi connectivity index (χ3n) is 3.87. The van der Waals surface area contributed by atoms with Crippen LogP contribution in [0.4, 0.5) is 0 Å².